The van der Waals surface area contributed by atoms with Gasteiger partial charge < -0.3 is 15.3 Å². The molecule has 0 saturated carbocycles. The van der Waals surface area contributed by atoms with E-state index in [1.807, 2.05) is 13.0 Å². The molecule has 1 saturated heterocycles. The third-order valence-corrected chi connectivity index (χ3v) is 7.16. The Hall–Kier alpha value is -3.35. The van der Waals surface area contributed by atoms with Crippen molar-refractivity contribution in [1.82, 2.24) is 14.5 Å². The molecular formula is C23H26N4O4S. The van der Waals surface area contributed by atoms with Crippen LogP contribution in [0.25, 0.3) is 0 Å². The van der Waals surface area contributed by atoms with Crippen molar-refractivity contribution in [3.8, 4) is 11.8 Å². The molecule has 0 atom stereocenters. The van der Waals surface area contributed by atoms with Crippen LogP contribution in [0.1, 0.15) is 11.1 Å². The van der Waals surface area contributed by atoms with Gasteiger partial charge in [0.1, 0.15) is 17.4 Å². The lowest BCUT2D eigenvalue weighted by Gasteiger charge is -2.33. The lowest BCUT2D eigenvalue weighted by Crippen LogP contribution is -2.47. The summed E-state index contributed by atoms with van der Waals surface area (Å²) in [7, 11) is -3.57. The highest BCUT2D eigenvalue weighted by Gasteiger charge is 2.28. The number of phenolic OH excluding ortho intramolecular Hbond substituents is 1. The average Bonchev–Trinajstić information content (AvgIpc) is 2.79. The molecule has 0 radical (unpaired) electrons. The monoisotopic (exact) mass is 454 g/mol. The quantitative estimate of drug-likeness (QED) is 0.487. The molecule has 1 heterocycles. The minimum atomic E-state index is -3.57. The molecule has 1 fully saturated rings. The van der Waals surface area contributed by atoms with Crippen molar-refractivity contribution in [3.63, 3.8) is 0 Å². The van der Waals surface area contributed by atoms with Crippen LogP contribution in [0.4, 0.5) is 0 Å². The van der Waals surface area contributed by atoms with Crippen LogP contribution in [0.5, 0.6) is 5.75 Å². The molecule has 8 nitrogen and oxygen atoms in total. The molecular weight excluding hydrogens is 428 g/mol. The minimum Gasteiger partial charge on any atom is -0.508 e. The zero-order valence-electron chi connectivity index (χ0n) is 17.9. The normalized spacial score (nSPS) is 15.2. The Labute approximate surface area is 188 Å². The van der Waals surface area contributed by atoms with Crippen LogP contribution < -0.4 is 5.32 Å². The zero-order chi connectivity index (χ0) is 23.1. The van der Waals surface area contributed by atoms with Gasteiger partial charge in [0, 0.05) is 38.9 Å². The van der Waals surface area contributed by atoms with Gasteiger partial charge >= 0.3 is 0 Å². The molecule has 168 valence electrons. The number of rotatable bonds is 7. The van der Waals surface area contributed by atoms with E-state index in [1.54, 1.807) is 53.4 Å². The summed E-state index contributed by atoms with van der Waals surface area (Å²) in [5.41, 5.74) is 1.92. The Morgan fingerprint density at radius 2 is 1.72 bits per heavy atom. The van der Waals surface area contributed by atoms with Crippen molar-refractivity contribution in [2.75, 3.05) is 32.7 Å². The standard InChI is InChI=1S/C23H26N4O4S/c1-18-2-8-22(9-3-18)32(30,31)27-14-12-26(13-15-27)17-20(16-24)23(29)25-11-10-19-4-6-21(28)7-5-19/h2-9,17,28H,10-15H2,1H3,(H,25,29)/b20-17-. The smallest absolute Gasteiger partial charge is 0.263 e. The maximum atomic E-state index is 12.8. The van der Waals surface area contributed by atoms with Gasteiger partial charge in [-0.15, -0.1) is 0 Å². The summed E-state index contributed by atoms with van der Waals surface area (Å²) in [4.78, 5) is 14.4. The Morgan fingerprint density at radius 1 is 1.09 bits per heavy atom. The lowest BCUT2D eigenvalue weighted by molar-refractivity contribution is -0.117. The summed E-state index contributed by atoms with van der Waals surface area (Å²) < 4.78 is 27.0. The second-order valence-electron chi connectivity index (χ2n) is 7.58. The van der Waals surface area contributed by atoms with Gasteiger partial charge in [0.15, 0.2) is 0 Å². The summed E-state index contributed by atoms with van der Waals surface area (Å²) in [6.45, 7) is 3.57. The summed E-state index contributed by atoms with van der Waals surface area (Å²) in [6, 6.07) is 15.4. The number of aryl methyl sites for hydroxylation is 1. The van der Waals surface area contributed by atoms with Gasteiger partial charge in [-0.1, -0.05) is 29.8 Å². The second-order valence-corrected chi connectivity index (χ2v) is 9.52. The summed E-state index contributed by atoms with van der Waals surface area (Å²) in [5, 5.41) is 21.4. The maximum absolute atomic E-state index is 12.8. The SMILES string of the molecule is Cc1ccc(S(=O)(=O)N2CCN(/C=C(/C#N)C(=O)NCCc3ccc(O)cc3)CC2)cc1. The highest BCUT2D eigenvalue weighted by Crippen LogP contribution is 2.18. The number of phenols is 1. The van der Waals surface area contributed by atoms with Gasteiger partial charge in [-0.2, -0.15) is 9.57 Å². The molecule has 0 unspecified atom stereocenters. The van der Waals surface area contributed by atoms with E-state index >= 15 is 0 Å². The van der Waals surface area contributed by atoms with E-state index in [0.717, 1.165) is 11.1 Å². The van der Waals surface area contributed by atoms with Crippen molar-refractivity contribution in [2.45, 2.75) is 18.2 Å². The summed E-state index contributed by atoms with van der Waals surface area (Å²) >= 11 is 0. The first-order chi connectivity index (χ1) is 15.3. The Balaban J connectivity index is 1.53. The van der Waals surface area contributed by atoms with Gasteiger partial charge in [-0.25, -0.2) is 8.42 Å². The third-order valence-electron chi connectivity index (χ3n) is 5.24. The van der Waals surface area contributed by atoms with Crippen LogP contribution in [-0.4, -0.2) is 61.4 Å². The number of piperazine rings is 1. The first-order valence-corrected chi connectivity index (χ1v) is 11.7. The van der Waals surface area contributed by atoms with E-state index in [0.29, 0.717) is 26.1 Å². The van der Waals surface area contributed by atoms with Gasteiger partial charge in [0.25, 0.3) is 5.91 Å². The highest BCUT2D eigenvalue weighted by molar-refractivity contribution is 7.89. The van der Waals surface area contributed by atoms with Crippen molar-refractivity contribution < 1.29 is 18.3 Å². The molecule has 2 aromatic carbocycles. The number of sulfonamides is 1. The molecule has 0 bridgehead atoms. The molecule has 0 aromatic heterocycles. The largest absolute Gasteiger partial charge is 0.508 e. The minimum absolute atomic E-state index is 0.0226. The second kappa shape index (κ2) is 10.3. The number of hydrogen-bond donors (Lipinski definition) is 2. The number of benzene rings is 2. The third kappa shape index (κ3) is 5.87. The predicted molar refractivity (Wildman–Crippen MR) is 120 cm³/mol. The van der Waals surface area contributed by atoms with Crippen LogP contribution in [-0.2, 0) is 21.2 Å². The van der Waals surface area contributed by atoms with Gasteiger partial charge in [0.05, 0.1) is 4.90 Å². The topological polar surface area (TPSA) is 114 Å². The number of amides is 1. The molecule has 2 aromatic rings. The number of nitriles is 1. The fourth-order valence-electron chi connectivity index (χ4n) is 3.33. The average molecular weight is 455 g/mol. The van der Waals surface area contributed by atoms with E-state index in [-0.39, 0.29) is 29.3 Å². The van der Waals surface area contributed by atoms with Gasteiger partial charge in [-0.05, 0) is 43.2 Å². The first kappa shape index (κ1) is 23.3. The zero-order valence-corrected chi connectivity index (χ0v) is 18.7. The molecule has 1 aliphatic rings. The van der Waals surface area contributed by atoms with Crippen molar-refractivity contribution in [2.24, 2.45) is 0 Å². The fraction of sp³-hybridized carbons (Fsp3) is 0.304. The Bertz CT molecular complexity index is 1110. The number of carbonyl (C=O) groups is 1. The van der Waals surface area contributed by atoms with Crippen LogP contribution in [0.15, 0.2) is 65.2 Å². The first-order valence-electron chi connectivity index (χ1n) is 10.3. The maximum Gasteiger partial charge on any atom is 0.263 e. The molecule has 9 heteroatoms. The highest BCUT2D eigenvalue weighted by atomic mass is 32.2. The number of hydrogen-bond acceptors (Lipinski definition) is 6. The van der Waals surface area contributed by atoms with Crippen molar-refractivity contribution >= 4 is 15.9 Å². The fourth-order valence-corrected chi connectivity index (χ4v) is 4.75. The number of nitrogens with zero attached hydrogens (tertiary/aromatic N) is 3. The molecule has 0 aliphatic carbocycles. The van der Waals surface area contributed by atoms with E-state index in [9.17, 15) is 23.6 Å². The van der Waals surface area contributed by atoms with Crippen LogP contribution in [0.3, 0.4) is 0 Å². The summed E-state index contributed by atoms with van der Waals surface area (Å²) in [5.74, 6) is -0.291. The van der Waals surface area contributed by atoms with Crippen LogP contribution in [0, 0.1) is 18.3 Å². The summed E-state index contributed by atoms with van der Waals surface area (Å²) in [6.07, 6.45) is 2.06. The molecule has 32 heavy (non-hydrogen) atoms. The number of aromatic hydroxyl groups is 1. The Morgan fingerprint density at radius 3 is 2.31 bits per heavy atom. The predicted octanol–water partition coefficient (Wildman–Crippen LogP) is 1.77. The van der Waals surface area contributed by atoms with Crippen LogP contribution in [0.2, 0.25) is 0 Å². The Kier molecular flexibility index (Phi) is 7.51. The lowest BCUT2D eigenvalue weighted by atomic mass is 10.1. The molecule has 2 N–H and O–H groups in total. The molecule has 0 spiro atoms. The van der Waals surface area contributed by atoms with E-state index in [4.69, 9.17) is 0 Å². The molecule has 1 aliphatic heterocycles. The van der Waals surface area contributed by atoms with Gasteiger partial charge in [0.2, 0.25) is 10.0 Å². The van der Waals surface area contributed by atoms with E-state index in [1.165, 1.54) is 10.5 Å². The van der Waals surface area contributed by atoms with E-state index < -0.39 is 15.9 Å². The van der Waals surface area contributed by atoms with Crippen molar-refractivity contribution in [1.29, 1.82) is 5.26 Å². The van der Waals surface area contributed by atoms with E-state index in [2.05, 4.69) is 5.32 Å². The van der Waals surface area contributed by atoms with Crippen LogP contribution >= 0.6 is 0 Å². The van der Waals surface area contributed by atoms with Crippen molar-refractivity contribution in [3.05, 3.63) is 71.4 Å². The number of carbonyl (C=O) groups excluding carboxylic acids is 1. The molecule has 3 rings (SSSR count). The number of nitrogens with one attached hydrogen (secondary N) is 1. The molecule has 1 amide bonds. The van der Waals surface area contributed by atoms with Gasteiger partial charge in [-0.3, -0.25) is 4.79 Å².